The largest absolute Gasteiger partial charge is 0.440 e. The minimum atomic E-state index is -0.253. The van der Waals surface area contributed by atoms with Gasteiger partial charge in [0.05, 0.1) is 0 Å². The maximum atomic E-state index is 11.8. The first kappa shape index (κ1) is 14.2. The summed E-state index contributed by atoms with van der Waals surface area (Å²) in [5.41, 5.74) is 1.16. The summed E-state index contributed by atoms with van der Waals surface area (Å²) >= 11 is 9.02. The predicted molar refractivity (Wildman–Crippen MR) is 78.5 cm³/mol. The minimum Gasteiger partial charge on any atom is -0.440 e. The Hall–Kier alpha value is -1.26. The molecular formula is C14H13BrClNO2. The molecule has 19 heavy (non-hydrogen) atoms. The Labute approximate surface area is 125 Å². The maximum absolute atomic E-state index is 11.8. The quantitative estimate of drug-likeness (QED) is 0.910. The second-order valence-corrected chi connectivity index (χ2v) is 5.60. The molecule has 0 aliphatic heterocycles. The van der Waals surface area contributed by atoms with Gasteiger partial charge < -0.3 is 9.73 Å². The van der Waals surface area contributed by atoms with Gasteiger partial charge in [0.2, 0.25) is 0 Å². The fourth-order valence-electron chi connectivity index (χ4n) is 1.76. The molecule has 0 aliphatic carbocycles. The Morgan fingerprint density at radius 2 is 2.00 bits per heavy atom. The summed E-state index contributed by atoms with van der Waals surface area (Å²) in [5, 5.41) is 3.08. The highest BCUT2D eigenvalue weighted by Crippen LogP contribution is 2.14. The number of benzene rings is 1. The van der Waals surface area contributed by atoms with Crippen molar-refractivity contribution in [3.63, 3.8) is 0 Å². The van der Waals surface area contributed by atoms with Crippen LogP contribution in [0.4, 0.5) is 0 Å². The van der Waals surface area contributed by atoms with Crippen LogP contribution in [0, 0.1) is 0 Å². The van der Waals surface area contributed by atoms with Gasteiger partial charge in [0.1, 0.15) is 0 Å². The number of hydrogen-bond acceptors (Lipinski definition) is 2. The highest BCUT2D eigenvalue weighted by Gasteiger charge is 2.13. The lowest BCUT2D eigenvalue weighted by Crippen LogP contribution is -2.33. The van der Waals surface area contributed by atoms with E-state index in [1.807, 2.05) is 31.2 Å². The van der Waals surface area contributed by atoms with Crippen molar-refractivity contribution in [1.29, 1.82) is 0 Å². The average molecular weight is 343 g/mol. The maximum Gasteiger partial charge on any atom is 0.287 e. The molecule has 1 aromatic carbocycles. The molecular weight excluding hydrogens is 330 g/mol. The van der Waals surface area contributed by atoms with Gasteiger partial charge in [0.25, 0.3) is 5.91 Å². The van der Waals surface area contributed by atoms with Gasteiger partial charge in [-0.3, -0.25) is 4.79 Å². The Kier molecular flexibility index (Phi) is 4.66. The Morgan fingerprint density at radius 3 is 2.58 bits per heavy atom. The third-order valence-corrected chi connectivity index (χ3v) is 3.36. The van der Waals surface area contributed by atoms with Crippen LogP contribution in [-0.4, -0.2) is 11.9 Å². The van der Waals surface area contributed by atoms with Gasteiger partial charge in [-0.15, -0.1) is 0 Å². The molecule has 0 radical (unpaired) electrons. The van der Waals surface area contributed by atoms with Gasteiger partial charge >= 0.3 is 0 Å². The third-order valence-electron chi connectivity index (χ3n) is 2.63. The van der Waals surface area contributed by atoms with E-state index in [0.717, 1.165) is 16.5 Å². The van der Waals surface area contributed by atoms with Crippen LogP contribution >= 0.6 is 27.5 Å². The zero-order chi connectivity index (χ0) is 13.8. The number of amides is 1. The van der Waals surface area contributed by atoms with Gasteiger partial charge in [0.15, 0.2) is 11.0 Å². The predicted octanol–water partition coefficient (Wildman–Crippen LogP) is 4.06. The van der Waals surface area contributed by atoms with Crippen molar-refractivity contribution in [2.75, 3.05) is 0 Å². The molecule has 1 N–H and O–H groups in total. The number of carbonyl (C=O) groups excluding carboxylic acids is 1. The monoisotopic (exact) mass is 341 g/mol. The number of hydrogen-bond donors (Lipinski definition) is 1. The van der Waals surface area contributed by atoms with E-state index in [1.165, 1.54) is 0 Å². The Bertz CT molecular complexity index is 565. The van der Waals surface area contributed by atoms with E-state index in [0.29, 0.717) is 0 Å². The van der Waals surface area contributed by atoms with Crippen LogP contribution in [0.5, 0.6) is 0 Å². The van der Waals surface area contributed by atoms with E-state index in [4.69, 9.17) is 16.0 Å². The van der Waals surface area contributed by atoms with Gasteiger partial charge in [-0.1, -0.05) is 28.1 Å². The van der Waals surface area contributed by atoms with Crippen molar-refractivity contribution >= 4 is 33.4 Å². The summed E-state index contributed by atoms with van der Waals surface area (Å²) in [6, 6.07) is 11.1. The van der Waals surface area contributed by atoms with Crippen LogP contribution in [0.2, 0.25) is 5.22 Å². The van der Waals surface area contributed by atoms with Crippen molar-refractivity contribution < 1.29 is 9.21 Å². The van der Waals surface area contributed by atoms with Crippen molar-refractivity contribution in [3.05, 3.63) is 57.4 Å². The first-order valence-corrected chi connectivity index (χ1v) is 7.02. The van der Waals surface area contributed by atoms with E-state index in [2.05, 4.69) is 21.2 Å². The number of nitrogens with one attached hydrogen (secondary N) is 1. The lowest BCUT2D eigenvalue weighted by atomic mass is 10.1. The van der Waals surface area contributed by atoms with E-state index in [1.54, 1.807) is 12.1 Å². The summed E-state index contributed by atoms with van der Waals surface area (Å²) in [6.07, 6.45) is 0.757. The SMILES string of the molecule is CC(Cc1ccc(Br)cc1)NC(=O)c1ccc(Cl)o1. The van der Waals surface area contributed by atoms with E-state index < -0.39 is 0 Å². The third kappa shape index (κ3) is 4.11. The Morgan fingerprint density at radius 1 is 1.32 bits per heavy atom. The first-order valence-electron chi connectivity index (χ1n) is 5.85. The zero-order valence-electron chi connectivity index (χ0n) is 10.3. The number of halogens is 2. The number of furan rings is 1. The van der Waals surface area contributed by atoms with Crippen LogP contribution in [0.1, 0.15) is 23.0 Å². The van der Waals surface area contributed by atoms with Crippen molar-refractivity contribution in [2.24, 2.45) is 0 Å². The zero-order valence-corrected chi connectivity index (χ0v) is 12.7. The van der Waals surface area contributed by atoms with E-state index in [9.17, 15) is 4.79 Å². The van der Waals surface area contributed by atoms with Crippen molar-refractivity contribution in [1.82, 2.24) is 5.32 Å². The molecule has 0 aliphatic rings. The van der Waals surface area contributed by atoms with Gasteiger partial charge in [0, 0.05) is 10.5 Å². The number of carbonyl (C=O) groups is 1. The molecule has 1 amide bonds. The molecule has 0 spiro atoms. The summed E-state index contributed by atoms with van der Waals surface area (Å²) in [6.45, 7) is 1.95. The van der Waals surface area contributed by atoms with Crippen LogP contribution in [0.25, 0.3) is 0 Å². The highest BCUT2D eigenvalue weighted by atomic mass is 79.9. The van der Waals surface area contributed by atoms with Gasteiger partial charge in [-0.25, -0.2) is 0 Å². The summed E-state index contributed by atoms with van der Waals surface area (Å²) in [4.78, 5) is 11.8. The molecule has 3 nitrogen and oxygen atoms in total. The molecule has 2 rings (SSSR count). The van der Waals surface area contributed by atoms with Gasteiger partial charge in [-0.05, 0) is 54.8 Å². The topological polar surface area (TPSA) is 42.2 Å². The van der Waals surface area contributed by atoms with Crippen molar-refractivity contribution in [2.45, 2.75) is 19.4 Å². The van der Waals surface area contributed by atoms with E-state index in [-0.39, 0.29) is 22.9 Å². The fourth-order valence-corrected chi connectivity index (χ4v) is 2.17. The molecule has 1 heterocycles. The molecule has 1 unspecified atom stereocenters. The Balaban J connectivity index is 1.92. The van der Waals surface area contributed by atoms with Crippen molar-refractivity contribution in [3.8, 4) is 0 Å². The fraction of sp³-hybridized carbons (Fsp3) is 0.214. The smallest absolute Gasteiger partial charge is 0.287 e. The molecule has 1 atom stereocenters. The van der Waals surface area contributed by atoms with Crippen LogP contribution in [0.15, 0.2) is 45.3 Å². The second kappa shape index (κ2) is 6.26. The number of rotatable bonds is 4. The van der Waals surface area contributed by atoms with E-state index >= 15 is 0 Å². The second-order valence-electron chi connectivity index (χ2n) is 4.31. The molecule has 1 aromatic heterocycles. The molecule has 100 valence electrons. The standard InChI is InChI=1S/C14H13BrClNO2/c1-9(8-10-2-4-11(15)5-3-10)17-14(18)12-6-7-13(16)19-12/h2-7,9H,8H2,1H3,(H,17,18). The molecule has 0 fully saturated rings. The molecule has 0 saturated carbocycles. The summed E-state index contributed by atoms with van der Waals surface area (Å²) < 4.78 is 6.10. The van der Waals surface area contributed by atoms with Crippen LogP contribution in [-0.2, 0) is 6.42 Å². The lowest BCUT2D eigenvalue weighted by molar-refractivity contribution is 0.0912. The average Bonchev–Trinajstić information content (AvgIpc) is 2.79. The first-order chi connectivity index (χ1) is 9.04. The molecule has 5 heteroatoms. The summed E-state index contributed by atoms with van der Waals surface area (Å²) in [5.74, 6) is -0.0239. The molecule has 2 aromatic rings. The van der Waals surface area contributed by atoms with Gasteiger partial charge in [-0.2, -0.15) is 0 Å². The normalized spacial score (nSPS) is 12.2. The molecule has 0 saturated heterocycles. The summed E-state index contributed by atoms with van der Waals surface area (Å²) in [7, 11) is 0. The lowest BCUT2D eigenvalue weighted by Gasteiger charge is -2.13. The highest BCUT2D eigenvalue weighted by molar-refractivity contribution is 9.10. The molecule has 0 bridgehead atoms. The van der Waals surface area contributed by atoms with Crippen LogP contribution in [0.3, 0.4) is 0 Å². The van der Waals surface area contributed by atoms with Crippen LogP contribution < -0.4 is 5.32 Å². The minimum absolute atomic E-state index is 0.0116.